The van der Waals surface area contributed by atoms with Crippen LogP contribution in [0.4, 0.5) is 4.39 Å². The van der Waals surface area contributed by atoms with Crippen LogP contribution in [0.25, 0.3) is 0 Å². The summed E-state index contributed by atoms with van der Waals surface area (Å²) in [5, 5.41) is 8.01. The van der Waals surface area contributed by atoms with Crippen LogP contribution in [0.15, 0.2) is 24.3 Å². The number of rotatable bonds is 3. The van der Waals surface area contributed by atoms with Gasteiger partial charge in [-0.1, -0.05) is 25.0 Å². The number of likely N-dealkylation sites (tertiary alicyclic amines) is 1. The van der Waals surface area contributed by atoms with Gasteiger partial charge in [0.1, 0.15) is 24.0 Å². The zero-order chi connectivity index (χ0) is 19.7. The lowest BCUT2D eigenvalue weighted by molar-refractivity contribution is -0.133. The van der Waals surface area contributed by atoms with Crippen molar-refractivity contribution in [3.05, 3.63) is 47.3 Å². The topological polar surface area (TPSA) is 63.1 Å². The highest BCUT2D eigenvalue weighted by atomic mass is 19.1. The summed E-state index contributed by atoms with van der Waals surface area (Å²) in [6.45, 7) is 5.45. The summed E-state index contributed by atoms with van der Waals surface area (Å²) in [7, 11) is 0. The minimum absolute atomic E-state index is 0.0595. The van der Waals surface area contributed by atoms with E-state index in [0.717, 1.165) is 37.2 Å². The molecular formula is C21H28FN5O. The second-order valence-electron chi connectivity index (χ2n) is 7.97. The normalized spacial score (nSPS) is 25.2. The number of hydrogen-bond acceptors (Lipinski definition) is 4. The van der Waals surface area contributed by atoms with Crippen LogP contribution in [0.3, 0.4) is 0 Å². The monoisotopic (exact) mass is 385 g/mol. The summed E-state index contributed by atoms with van der Waals surface area (Å²) in [6.07, 6.45) is 4.41. The molecule has 0 aliphatic carbocycles. The number of carbonyl (C=O) groups excluding carboxylic acids is 1. The second-order valence-corrected chi connectivity index (χ2v) is 7.97. The van der Waals surface area contributed by atoms with Gasteiger partial charge >= 0.3 is 0 Å². The summed E-state index contributed by atoms with van der Waals surface area (Å²) in [5.41, 5.74) is 0.964. The predicted octanol–water partition coefficient (Wildman–Crippen LogP) is 2.56. The Morgan fingerprint density at radius 3 is 2.89 bits per heavy atom. The minimum Gasteiger partial charge on any atom is -0.336 e. The van der Waals surface area contributed by atoms with E-state index in [2.05, 4.69) is 15.4 Å². The van der Waals surface area contributed by atoms with E-state index in [9.17, 15) is 9.18 Å². The molecule has 3 heterocycles. The molecule has 28 heavy (non-hydrogen) atoms. The van der Waals surface area contributed by atoms with Gasteiger partial charge < -0.3 is 10.2 Å². The van der Waals surface area contributed by atoms with Gasteiger partial charge in [-0.2, -0.15) is 5.10 Å². The predicted molar refractivity (Wildman–Crippen MR) is 104 cm³/mol. The molecule has 1 N–H and O–H groups in total. The molecule has 1 amide bonds. The molecule has 4 rings (SSSR count). The molecule has 0 bridgehead atoms. The van der Waals surface area contributed by atoms with Crippen molar-refractivity contribution in [2.24, 2.45) is 0 Å². The number of carbonyl (C=O) groups is 1. The number of aromatic nitrogens is 3. The van der Waals surface area contributed by atoms with Crippen molar-refractivity contribution in [3.63, 3.8) is 0 Å². The van der Waals surface area contributed by atoms with Gasteiger partial charge in [0.15, 0.2) is 0 Å². The van der Waals surface area contributed by atoms with Crippen molar-refractivity contribution in [2.75, 3.05) is 13.1 Å². The summed E-state index contributed by atoms with van der Waals surface area (Å²) in [6, 6.07) is 7.11. The lowest BCUT2D eigenvalue weighted by atomic mass is 9.88. The second kappa shape index (κ2) is 7.99. The quantitative estimate of drug-likeness (QED) is 0.882. The van der Waals surface area contributed by atoms with E-state index >= 15 is 0 Å². The largest absolute Gasteiger partial charge is 0.336 e. The van der Waals surface area contributed by atoms with E-state index in [4.69, 9.17) is 0 Å². The first-order valence-electron chi connectivity index (χ1n) is 10.2. The third-order valence-corrected chi connectivity index (χ3v) is 6.04. The molecule has 2 aliphatic rings. The number of aryl methyl sites for hydroxylation is 2. The number of nitrogens with zero attached hydrogens (tertiary/aromatic N) is 4. The Bertz CT molecular complexity index is 851. The molecule has 7 heteroatoms. The Hall–Kier alpha value is -2.28. The molecule has 150 valence electrons. The molecule has 2 aromatic rings. The lowest BCUT2D eigenvalue weighted by Crippen LogP contribution is -2.47. The maximum Gasteiger partial charge on any atom is 0.244 e. The van der Waals surface area contributed by atoms with Crippen LogP contribution in [0.2, 0.25) is 0 Å². The number of hydrogen-bond donors (Lipinski definition) is 1. The summed E-state index contributed by atoms with van der Waals surface area (Å²) >= 11 is 0. The molecule has 0 spiro atoms. The summed E-state index contributed by atoms with van der Waals surface area (Å²) in [5.74, 6) is 1.36. The molecule has 2 saturated heterocycles. The average Bonchev–Trinajstić information content (AvgIpc) is 3.13. The molecule has 0 saturated carbocycles. The number of halogens is 1. The van der Waals surface area contributed by atoms with Crippen molar-refractivity contribution in [1.29, 1.82) is 0 Å². The van der Waals surface area contributed by atoms with Crippen LogP contribution in [0.1, 0.15) is 48.8 Å². The Morgan fingerprint density at radius 2 is 2.14 bits per heavy atom. The number of fused-ring (bicyclic) bond motifs is 1. The van der Waals surface area contributed by atoms with Gasteiger partial charge in [0.2, 0.25) is 5.91 Å². The van der Waals surface area contributed by atoms with Crippen molar-refractivity contribution in [2.45, 2.75) is 64.1 Å². The molecule has 0 radical (unpaired) electrons. The maximum atomic E-state index is 13.9. The third kappa shape index (κ3) is 3.81. The summed E-state index contributed by atoms with van der Waals surface area (Å²) in [4.78, 5) is 19.5. The van der Waals surface area contributed by atoms with Gasteiger partial charge in [-0.25, -0.2) is 14.1 Å². The van der Waals surface area contributed by atoms with Gasteiger partial charge in [0.25, 0.3) is 0 Å². The summed E-state index contributed by atoms with van der Waals surface area (Å²) < 4.78 is 15.5. The van der Waals surface area contributed by atoms with Gasteiger partial charge in [-0.3, -0.25) is 4.79 Å². The fourth-order valence-corrected chi connectivity index (χ4v) is 4.73. The highest BCUT2D eigenvalue weighted by Gasteiger charge is 2.44. The van der Waals surface area contributed by atoms with E-state index in [1.807, 2.05) is 24.8 Å². The Labute approximate surface area is 165 Å². The van der Waals surface area contributed by atoms with Crippen LogP contribution < -0.4 is 5.32 Å². The molecule has 2 fully saturated rings. The molecule has 0 unspecified atom stereocenters. The highest BCUT2D eigenvalue weighted by molar-refractivity contribution is 5.77. The van der Waals surface area contributed by atoms with Gasteiger partial charge in [-0.05, 0) is 50.9 Å². The van der Waals surface area contributed by atoms with Gasteiger partial charge in [0.05, 0.1) is 0 Å². The van der Waals surface area contributed by atoms with Gasteiger partial charge in [0, 0.05) is 24.5 Å². The van der Waals surface area contributed by atoms with E-state index < -0.39 is 0 Å². The first-order chi connectivity index (χ1) is 13.5. The smallest absolute Gasteiger partial charge is 0.244 e. The maximum absolute atomic E-state index is 13.9. The zero-order valence-electron chi connectivity index (χ0n) is 16.6. The van der Waals surface area contributed by atoms with E-state index in [0.29, 0.717) is 12.4 Å². The van der Waals surface area contributed by atoms with Crippen LogP contribution in [-0.2, 0) is 11.3 Å². The standard InChI is InChI=1S/C21H28FN5O/c1-14-24-15(2)27(25-14)13-20(28)26-12-18(16-7-6-8-17(22)11-16)21-19(26)9-4-3-5-10-23-21/h6-8,11,18-19,21,23H,3-5,9-10,12-13H2,1-2H3/t18-,19+,21-/m0/s1. The van der Waals surface area contributed by atoms with E-state index in [-0.39, 0.29) is 36.3 Å². The number of amides is 1. The van der Waals surface area contributed by atoms with Crippen LogP contribution in [0.5, 0.6) is 0 Å². The Morgan fingerprint density at radius 1 is 1.29 bits per heavy atom. The van der Waals surface area contributed by atoms with Crippen molar-refractivity contribution in [1.82, 2.24) is 25.0 Å². The molecule has 1 aromatic heterocycles. The van der Waals surface area contributed by atoms with Crippen LogP contribution in [-0.4, -0.2) is 50.7 Å². The van der Waals surface area contributed by atoms with Crippen LogP contribution >= 0.6 is 0 Å². The molecule has 3 atom stereocenters. The third-order valence-electron chi connectivity index (χ3n) is 6.04. The molecule has 1 aromatic carbocycles. The molecule has 2 aliphatic heterocycles. The lowest BCUT2D eigenvalue weighted by Gasteiger charge is -2.31. The Balaban J connectivity index is 1.60. The first kappa shape index (κ1) is 19.1. The number of nitrogens with one attached hydrogen (secondary N) is 1. The molecular weight excluding hydrogens is 357 g/mol. The fourth-order valence-electron chi connectivity index (χ4n) is 4.73. The molecule has 6 nitrogen and oxygen atoms in total. The SMILES string of the molecule is Cc1nc(C)n(CC(=O)N2C[C@@H](c3cccc(F)c3)[C@@H]3NCCCCC[C@H]32)n1. The van der Waals surface area contributed by atoms with Gasteiger partial charge in [-0.15, -0.1) is 0 Å². The first-order valence-corrected chi connectivity index (χ1v) is 10.2. The zero-order valence-corrected chi connectivity index (χ0v) is 16.6. The average molecular weight is 385 g/mol. The minimum atomic E-state index is -0.224. The van der Waals surface area contributed by atoms with Crippen molar-refractivity contribution >= 4 is 5.91 Å². The number of benzene rings is 1. The highest BCUT2D eigenvalue weighted by Crippen LogP contribution is 2.36. The van der Waals surface area contributed by atoms with E-state index in [1.165, 1.54) is 12.5 Å². The van der Waals surface area contributed by atoms with Crippen molar-refractivity contribution in [3.8, 4) is 0 Å². The Kier molecular flexibility index (Phi) is 5.44. The van der Waals surface area contributed by atoms with Crippen LogP contribution in [0, 0.1) is 19.7 Å². The fraction of sp³-hybridized carbons (Fsp3) is 0.571. The van der Waals surface area contributed by atoms with Crippen molar-refractivity contribution < 1.29 is 9.18 Å². The van der Waals surface area contributed by atoms with E-state index in [1.54, 1.807) is 16.8 Å².